The molecule has 1 heterocycles. The van der Waals surface area contributed by atoms with Crippen molar-refractivity contribution in [2.75, 3.05) is 0 Å². The van der Waals surface area contributed by atoms with Gasteiger partial charge in [0.25, 0.3) is 11.6 Å². The molecule has 1 rings (SSSR count). The Bertz CT molecular complexity index is 583. The largest absolute Gasteiger partial charge is 0.481 e. The summed E-state index contributed by atoms with van der Waals surface area (Å²) in [5.74, 6) is -1.47. The van der Waals surface area contributed by atoms with Gasteiger partial charge < -0.3 is 10.4 Å². The van der Waals surface area contributed by atoms with Gasteiger partial charge in [-0.1, -0.05) is 0 Å². The Hall–Kier alpha value is -2.51. The Morgan fingerprint density at radius 3 is 2.62 bits per heavy atom. The van der Waals surface area contributed by atoms with Crippen LogP contribution in [0.2, 0.25) is 0 Å². The third-order valence-electron chi connectivity index (χ3n) is 2.94. The molecule has 0 bridgehead atoms. The molecule has 114 valence electrons. The van der Waals surface area contributed by atoms with E-state index in [1.165, 1.54) is 0 Å². The first-order valence-corrected chi connectivity index (χ1v) is 6.28. The molecule has 0 atom stereocenters. The van der Waals surface area contributed by atoms with Gasteiger partial charge in [0.15, 0.2) is 0 Å². The summed E-state index contributed by atoms with van der Waals surface area (Å²) in [6.45, 7) is 4.95. The zero-order valence-corrected chi connectivity index (χ0v) is 12.0. The van der Waals surface area contributed by atoms with Crippen LogP contribution in [-0.2, 0) is 4.79 Å². The first-order chi connectivity index (χ1) is 9.62. The lowest BCUT2D eigenvalue weighted by molar-refractivity contribution is -0.385. The smallest absolute Gasteiger partial charge is 0.303 e. The number of hydrogen-bond acceptors (Lipinski definition) is 5. The Balaban J connectivity index is 2.91. The minimum atomic E-state index is -0.953. The van der Waals surface area contributed by atoms with Crippen LogP contribution in [-0.4, -0.2) is 32.4 Å². The minimum Gasteiger partial charge on any atom is -0.481 e. The predicted octanol–water partition coefficient (Wildman–Crippen LogP) is 1.67. The van der Waals surface area contributed by atoms with Crippen LogP contribution in [0.5, 0.6) is 0 Å². The van der Waals surface area contributed by atoms with E-state index in [1.807, 2.05) is 0 Å². The normalized spacial score (nSPS) is 11.0. The van der Waals surface area contributed by atoms with E-state index in [1.54, 1.807) is 20.8 Å². The molecular weight excluding hydrogens is 278 g/mol. The average molecular weight is 295 g/mol. The molecule has 0 aliphatic rings. The Kier molecular flexibility index (Phi) is 4.96. The molecular formula is C13H17N3O5. The summed E-state index contributed by atoms with van der Waals surface area (Å²) in [6, 6.07) is 1.16. The van der Waals surface area contributed by atoms with Gasteiger partial charge in [-0.05, 0) is 27.2 Å². The van der Waals surface area contributed by atoms with Gasteiger partial charge in [0, 0.05) is 18.0 Å². The number of nitro groups is 1. The van der Waals surface area contributed by atoms with Gasteiger partial charge >= 0.3 is 5.97 Å². The molecule has 2 N–H and O–H groups in total. The van der Waals surface area contributed by atoms with Gasteiger partial charge in [-0.15, -0.1) is 0 Å². The molecule has 0 aliphatic carbocycles. The monoisotopic (exact) mass is 295 g/mol. The van der Waals surface area contributed by atoms with Gasteiger partial charge in [-0.25, -0.2) is 0 Å². The molecule has 1 aromatic rings. The van der Waals surface area contributed by atoms with Gasteiger partial charge in [0.2, 0.25) is 0 Å². The zero-order chi connectivity index (χ0) is 16.2. The molecule has 8 heteroatoms. The molecule has 0 fully saturated rings. The number of pyridine rings is 1. The molecule has 0 saturated carbocycles. The molecule has 1 amide bonds. The first-order valence-electron chi connectivity index (χ1n) is 6.28. The number of nitrogens with one attached hydrogen (secondary N) is 1. The number of aromatic nitrogens is 1. The number of aryl methyl sites for hydroxylation is 1. The van der Waals surface area contributed by atoms with Crippen molar-refractivity contribution in [2.24, 2.45) is 0 Å². The fourth-order valence-corrected chi connectivity index (χ4v) is 1.71. The maximum absolute atomic E-state index is 12.2. The van der Waals surface area contributed by atoms with Crippen LogP contribution in [0.25, 0.3) is 0 Å². The number of carboxylic acid groups (broad SMARTS) is 1. The van der Waals surface area contributed by atoms with Gasteiger partial charge in [-0.2, -0.15) is 0 Å². The van der Waals surface area contributed by atoms with Crippen molar-refractivity contribution in [1.82, 2.24) is 10.3 Å². The minimum absolute atomic E-state index is 0.0839. The zero-order valence-electron chi connectivity index (χ0n) is 12.0. The summed E-state index contributed by atoms with van der Waals surface area (Å²) in [4.78, 5) is 36.7. The lowest BCUT2D eigenvalue weighted by Crippen LogP contribution is -2.44. The van der Waals surface area contributed by atoms with Crippen LogP contribution in [0, 0.1) is 17.0 Å². The van der Waals surface area contributed by atoms with E-state index in [-0.39, 0.29) is 24.1 Å². The molecule has 0 saturated heterocycles. The van der Waals surface area contributed by atoms with Crippen molar-refractivity contribution in [2.45, 2.75) is 39.2 Å². The van der Waals surface area contributed by atoms with Crippen LogP contribution in [0.15, 0.2) is 12.3 Å². The number of carbonyl (C=O) groups is 2. The molecule has 0 spiro atoms. The molecule has 8 nitrogen and oxygen atoms in total. The summed E-state index contributed by atoms with van der Waals surface area (Å²) < 4.78 is 0. The maximum Gasteiger partial charge on any atom is 0.303 e. The summed E-state index contributed by atoms with van der Waals surface area (Å²) in [5, 5.41) is 22.1. The summed E-state index contributed by atoms with van der Waals surface area (Å²) in [7, 11) is 0. The highest BCUT2D eigenvalue weighted by Gasteiger charge is 2.24. The van der Waals surface area contributed by atoms with Crippen LogP contribution >= 0.6 is 0 Å². The third kappa shape index (κ3) is 4.83. The topological polar surface area (TPSA) is 122 Å². The van der Waals surface area contributed by atoms with Crippen LogP contribution < -0.4 is 5.32 Å². The van der Waals surface area contributed by atoms with Crippen LogP contribution in [0.3, 0.4) is 0 Å². The SMILES string of the molecule is Cc1ncc([N+](=O)[O-])cc1C(=O)NC(C)(C)CCC(=O)O. The van der Waals surface area contributed by atoms with Crippen LogP contribution in [0.1, 0.15) is 42.7 Å². The van der Waals surface area contributed by atoms with Crippen molar-refractivity contribution in [3.05, 3.63) is 33.6 Å². The van der Waals surface area contributed by atoms with Crippen molar-refractivity contribution >= 4 is 17.6 Å². The van der Waals surface area contributed by atoms with Crippen molar-refractivity contribution in [3.8, 4) is 0 Å². The summed E-state index contributed by atoms with van der Waals surface area (Å²) >= 11 is 0. The number of carboxylic acids is 1. The van der Waals surface area contributed by atoms with E-state index in [2.05, 4.69) is 10.3 Å². The number of amides is 1. The standard InChI is InChI=1S/C13H17N3O5/c1-8-10(6-9(7-14-8)16(20)21)12(19)15-13(2,3)5-4-11(17)18/h6-7H,4-5H2,1-3H3,(H,15,19)(H,17,18). The molecule has 0 radical (unpaired) electrons. The Morgan fingerprint density at radius 2 is 2.10 bits per heavy atom. The van der Waals surface area contributed by atoms with Crippen molar-refractivity contribution in [3.63, 3.8) is 0 Å². The maximum atomic E-state index is 12.2. The second-order valence-corrected chi connectivity index (χ2v) is 5.32. The fraction of sp³-hybridized carbons (Fsp3) is 0.462. The lowest BCUT2D eigenvalue weighted by atomic mass is 9.97. The number of aliphatic carboxylic acids is 1. The Morgan fingerprint density at radius 1 is 1.48 bits per heavy atom. The first kappa shape index (κ1) is 16.5. The quantitative estimate of drug-likeness (QED) is 0.608. The molecule has 1 aromatic heterocycles. The predicted molar refractivity (Wildman–Crippen MR) is 74.0 cm³/mol. The van der Waals surface area contributed by atoms with E-state index in [9.17, 15) is 19.7 Å². The van der Waals surface area contributed by atoms with Gasteiger partial charge in [0.05, 0.1) is 16.2 Å². The second-order valence-electron chi connectivity index (χ2n) is 5.32. The van der Waals surface area contributed by atoms with Crippen molar-refractivity contribution < 1.29 is 19.6 Å². The van der Waals surface area contributed by atoms with E-state index in [0.717, 1.165) is 12.3 Å². The molecule has 0 aliphatic heterocycles. The molecule has 0 unspecified atom stereocenters. The van der Waals surface area contributed by atoms with E-state index < -0.39 is 22.3 Å². The van der Waals surface area contributed by atoms with Crippen molar-refractivity contribution in [1.29, 1.82) is 0 Å². The van der Waals surface area contributed by atoms with E-state index >= 15 is 0 Å². The van der Waals surface area contributed by atoms with Gasteiger partial charge in [-0.3, -0.25) is 24.7 Å². The number of hydrogen-bond donors (Lipinski definition) is 2. The fourth-order valence-electron chi connectivity index (χ4n) is 1.71. The van der Waals surface area contributed by atoms with Crippen LogP contribution in [0.4, 0.5) is 5.69 Å². The third-order valence-corrected chi connectivity index (χ3v) is 2.94. The Labute approximate surface area is 121 Å². The highest BCUT2D eigenvalue weighted by Crippen LogP contribution is 2.17. The van der Waals surface area contributed by atoms with E-state index in [0.29, 0.717) is 5.69 Å². The average Bonchev–Trinajstić information content (AvgIpc) is 2.36. The summed E-state index contributed by atoms with van der Waals surface area (Å²) in [6.07, 6.45) is 1.25. The summed E-state index contributed by atoms with van der Waals surface area (Å²) in [5.41, 5.74) is -0.541. The second kappa shape index (κ2) is 6.29. The highest BCUT2D eigenvalue weighted by molar-refractivity contribution is 5.96. The number of carbonyl (C=O) groups excluding carboxylic acids is 1. The highest BCUT2D eigenvalue weighted by atomic mass is 16.6. The van der Waals surface area contributed by atoms with Gasteiger partial charge in [0.1, 0.15) is 6.20 Å². The number of nitrogens with zero attached hydrogens (tertiary/aromatic N) is 2. The van der Waals surface area contributed by atoms with E-state index in [4.69, 9.17) is 5.11 Å². The molecule has 0 aromatic carbocycles. The number of rotatable bonds is 6. The lowest BCUT2D eigenvalue weighted by Gasteiger charge is -2.25. The molecule has 21 heavy (non-hydrogen) atoms.